The Hall–Kier alpha value is -2.73. The molecule has 0 saturated carbocycles. The molecule has 2 aromatic rings. The third-order valence-electron chi connectivity index (χ3n) is 3.97. The quantitative estimate of drug-likeness (QED) is 0.681. The highest BCUT2D eigenvalue weighted by atomic mass is 19.1. The van der Waals surface area contributed by atoms with Crippen LogP contribution in [0.1, 0.15) is 17.5 Å². The van der Waals surface area contributed by atoms with E-state index in [-0.39, 0.29) is 30.8 Å². The minimum atomic E-state index is -1.12. The predicted octanol–water partition coefficient (Wildman–Crippen LogP) is 2.30. The van der Waals surface area contributed by atoms with Crippen LogP contribution in [0.15, 0.2) is 48.5 Å². The molecule has 0 aromatic heterocycles. The molecule has 2 aromatic carbocycles. The maximum atomic E-state index is 13.2. The van der Waals surface area contributed by atoms with Crippen molar-refractivity contribution < 1.29 is 24.2 Å². The number of nitrogens with two attached hydrogens (primary N) is 1. The molecule has 132 valence electrons. The van der Waals surface area contributed by atoms with Gasteiger partial charge in [-0.2, -0.15) is 0 Å². The fourth-order valence-corrected chi connectivity index (χ4v) is 2.59. The van der Waals surface area contributed by atoms with Crippen LogP contribution in [0.2, 0.25) is 0 Å². The number of benzene rings is 2. The maximum Gasteiger partial charge on any atom is 0.307 e. The van der Waals surface area contributed by atoms with Crippen LogP contribution in [0, 0.1) is 11.7 Å². The highest BCUT2D eigenvalue weighted by Gasteiger charge is 2.25. The van der Waals surface area contributed by atoms with E-state index >= 15 is 0 Å². The lowest BCUT2D eigenvalue weighted by atomic mass is 9.91. The van der Waals surface area contributed by atoms with Crippen LogP contribution in [0.3, 0.4) is 0 Å². The van der Waals surface area contributed by atoms with Gasteiger partial charge in [-0.3, -0.25) is 9.59 Å². The van der Waals surface area contributed by atoms with Crippen molar-refractivity contribution in [1.82, 2.24) is 0 Å². The van der Waals surface area contributed by atoms with Gasteiger partial charge in [0.15, 0.2) is 5.78 Å². The molecular weight excluding hydrogens is 325 g/mol. The Morgan fingerprint density at radius 3 is 2.32 bits per heavy atom. The Morgan fingerprint density at radius 1 is 1.04 bits per heavy atom. The van der Waals surface area contributed by atoms with E-state index in [0.717, 1.165) is 5.56 Å². The van der Waals surface area contributed by atoms with Crippen molar-refractivity contribution in [2.75, 3.05) is 0 Å². The molecule has 2 atom stereocenters. The average molecular weight is 345 g/mol. The monoisotopic (exact) mass is 345 g/mol. The van der Waals surface area contributed by atoms with Gasteiger partial charge in [0.05, 0.1) is 12.0 Å². The lowest BCUT2D eigenvalue weighted by Gasteiger charge is -2.15. The summed E-state index contributed by atoms with van der Waals surface area (Å²) in [5.41, 5.74) is 7.18. The number of hydrogen-bond donors (Lipinski definition) is 3. The zero-order valence-corrected chi connectivity index (χ0v) is 13.6. The number of ketones is 1. The first-order valence-corrected chi connectivity index (χ1v) is 7.88. The molecule has 0 unspecified atom stereocenters. The number of aliphatic carboxylic acids is 1. The van der Waals surface area contributed by atoms with Crippen LogP contribution in [0.25, 0.3) is 0 Å². The summed E-state index contributed by atoms with van der Waals surface area (Å²) in [4.78, 5) is 23.7. The van der Waals surface area contributed by atoms with Gasteiger partial charge in [-0.15, -0.1) is 0 Å². The molecule has 0 spiro atoms. The largest absolute Gasteiger partial charge is 0.508 e. The Morgan fingerprint density at radius 2 is 1.72 bits per heavy atom. The molecule has 0 fully saturated rings. The van der Waals surface area contributed by atoms with Crippen LogP contribution in [-0.2, 0) is 22.4 Å². The minimum Gasteiger partial charge on any atom is -0.508 e. The number of aromatic hydroxyl groups is 1. The van der Waals surface area contributed by atoms with Crippen LogP contribution in [0.5, 0.6) is 5.75 Å². The summed E-state index contributed by atoms with van der Waals surface area (Å²) in [7, 11) is 0. The van der Waals surface area contributed by atoms with Crippen molar-refractivity contribution >= 4 is 11.8 Å². The Labute approximate surface area is 144 Å². The number of carboxylic acids is 1. The normalized spacial score (nSPS) is 13.2. The number of carboxylic acid groups (broad SMARTS) is 1. The summed E-state index contributed by atoms with van der Waals surface area (Å²) in [6, 6.07) is 11.1. The van der Waals surface area contributed by atoms with Crippen molar-refractivity contribution in [3.63, 3.8) is 0 Å². The van der Waals surface area contributed by atoms with Gasteiger partial charge in [0, 0.05) is 6.42 Å². The van der Waals surface area contributed by atoms with Gasteiger partial charge in [-0.1, -0.05) is 24.3 Å². The van der Waals surface area contributed by atoms with Gasteiger partial charge in [0.25, 0.3) is 0 Å². The number of phenolic OH excluding ortho intramolecular Hbond substituents is 1. The van der Waals surface area contributed by atoms with Gasteiger partial charge in [-0.25, -0.2) is 4.39 Å². The molecule has 0 saturated heterocycles. The summed E-state index contributed by atoms with van der Waals surface area (Å²) in [6.45, 7) is 0. The van der Waals surface area contributed by atoms with E-state index in [4.69, 9.17) is 5.73 Å². The zero-order chi connectivity index (χ0) is 18.4. The Bertz CT molecular complexity index is 745. The summed E-state index contributed by atoms with van der Waals surface area (Å²) in [5, 5.41) is 18.6. The van der Waals surface area contributed by atoms with E-state index in [2.05, 4.69) is 0 Å². The van der Waals surface area contributed by atoms with Gasteiger partial charge < -0.3 is 15.9 Å². The van der Waals surface area contributed by atoms with Crippen LogP contribution >= 0.6 is 0 Å². The van der Waals surface area contributed by atoms with Crippen molar-refractivity contribution in [2.24, 2.45) is 11.7 Å². The van der Waals surface area contributed by atoms with Crippen molar-refractivity contribution in [3.8, 4) is 5.75 Å². The van der Waals surface area contributed by atoms with E-state index in [1.807, 2.05) is 0 Å². The highest BCUT2D eigenvalue weighted by Crippen LogP contribution is 2.17. The SMILES string of the molecule is N[C@@H](Cc1ccc(O)cc1)C(=O)C[C@H](Cc1cccc(F)c1)C(=O)O. The second-order valence-electron chi connectivity index (χ2n) is 6.02. The molecule has 0 amide bonds. The molecule has 0 bridgehead atoms. The number of halogens is 1. The Balaban J connectivity index is 1.99. The molecule has 25 heavy (non-hydrogen) atoms. The van der Waals surface area contributed by atoms with E-state index in [1.54, 1.807) is 18.2 Å². The molecule has 6 heteroatoms. The Kier molecular flexibility index (Phi) is 6.25. The van der Waals surface area contributed by atoms with Crippen LogP contribution in [-0.4, -0.2) is 28.0 Å². The van der Waals surface area contributed by atoms with Crippen molar-refractivity contribution in [3.05, 3.63) is 65.5 Å². The van der Waals surface area contributed by atoms with Gasteiger partial charge in [-0.05, 0) is 48.2 Å². The standard InChI is InChI=1S/C19H20FNO4/c20-15-3-1-2-13(9-15)8-14(19(24)25)11-18(23)17(21)10-12-4-6-16(22)7-5-12/h1-7,9,14,17,22H,8,10-11,21H2,(H,24,25)/t14-,17-/m0/s1. The molecule has 0 aliphatic heterocycles. The van der Waals surface area contributed by atoms with Gasteiger partial charge in [0.1, 0.15) is 11.6 Å². The maximum absolute atomic E-state index is 13.2. The number of phenols is 1. The molecule has 0 heterocycles. The molecule has 0 aliphatic rings. The number of Topliss-reactive ketones (excluding diaryl/α,β-unsaturated/α-hetero) is 1. The first-order chi connectivity index (χ1) is 11.8. The van der Waals surface area contributed by atoms with Crippen LogP contribution < -0.4 is 5.73 Å². The van der Waals surface area contributed by atoms with Crippen LogP contribution in [0.4, 0.5) is 4.39 Å². The molecule has 2 rings (SSSR count). The lowest BCUT2D eigenvalue weighted by molar-refractivity contribution is -0.143. The van der Waals surface area contributed by atoms with E-state index in [0.29, 0.717) is 5.56 Å². The van der Waals surface area contributed by atoms with Crippen molar-refractivity contribution in [1.29, 1.82) is 0 Å². The summed E-state index contributed by atoms with van der Waals surface area (Å²) < 4.78 is 13.2. The molecule has 5 nitrogen and oxygen atoms in total. The number of carbonyl (C=O) groups is 2. The van der Waals surface area contributed by atoms with E-state index in [9.17, 15) is 24.2 Å². The summed E-state index contributed by atoms with van der Waals surface area (Å²) in [6.07, 6.45) is 0.0985. The topological polar surface area (TPSA) is 101 Å². The zero-order valence-electron chi connectivity index (χ0n) is 13.6. The molecule has 4 N–H and O–H groups in total. The third kappa shape index (κ3) is 5.69. The first kappa shape index (κ1) is 18.6. The summed E-state index contributed by atoms with van der Waals surface area (Å²) in [5.74, 6) is -2.77. The summed E-state index contributed by atoms with van der Waals surface area (Å²) >= 11 is 0. The fraction of sp³-hybridized carbons (Fsp3) is 0.263. The fourth-order valence-electron chi connectivity index (χ4n) is 2.59. The predicted molar refractivity (Wildman–Crippen MR) is 90.6 cm³/mol. The van der Waals surface area contributed by atoms with E-state index < -0.39 is 23.7 Å². The minimum absolute atomic E-state index is 0.0603. The lowest BCUT2D eigenvalue weighted by Crippen LogP contribution is -2.35. The van der Waals surface area contributed by atoms with Gasteiger partial charge in [0.2, 0.25) is 0 Å². The first-order valence-electron chi connectivity index (χ1n) is 7.88. The second kappa shape index (κ2) is 8.39. The smallest absolute Gasteiger partial charge is 0.307 e. The number of carbonyl (C=O) groups excluding carboxylic acids is 1. The number of hydrogen-bond acceptors (Lipinski definition) is 4. The molecule has 0 aliphatic carbocycles. The highest BCUT2D eigenvalue weighted by molar-refractivity contribution is 5.88. The van der Waals surface area contributed by atoms with E-state index in [1.165, 1.54) is 30.3 Å². The molecule has 0 radical (unpaired) electrons. The van der Waals surface area contributed by atoms with Gasteiger partial charge >= 0.3 is 5.97 Å². The number of rotatable bonds is 8. The average Bonchev–Trinajstić information content (AvgIpc) is 2.56. The second-order valence-corrected chi connectivity index (χ2v) is 6.02. The van der Waals surface area contributed by atoms with Crippen molar-refractivity contribution in [2.45, 2.75) is 25.3 Å². The molecular formula is C19H20FNO4. The third-order valence-corrected chi connectivity index (χ3v) is 3.97.